The summed E-state index contributed by atoms with van der Waals surface area (Å²) in [6.45, 7) is 0.311. The number of likely N-dealkylation sites (tertiary alicyclic amines) is 1. The van der Waals surface area contributed by atoms with E-state index in [1.165, 1.54) is 4.90 Å². The van der Waals surface area contributed by atoms with Gasteiger partial charge in [0.1, 0.15) is 11.8 Å². The first-order valence-electron chi connectivity index (χ1n) is 5.98. The molecule has 0 spiro atoms. The number of amides is 1. The molecule has 1 fully saturated rings. The number of carbonyl (C=O) groups excluding carboxylic acids is 1. The van der Waals surface area contributed by atoms with Gasteiger partial charge in [0.15, 0.2) is 6.61 Å². The van der Waals surface area contributed by atoms with Crippen molar-refractivity contribution in [2.45, 2.75) is 18.9 Å². The molecule has 5 nitrogen and oxygen atoms in total. The van der Waals surface area contributed by atoms with Crippen LogP contribution in [0.2, 0.25) is 5.02 Å². The highest BCUT2D eigenvalue weighted by molar-refractivity contribution is 6.30. The molecule has 0 aromatic heterocycles. The molecule has 102 valence electrons. The number of rotatable bonds is 4. The Balaban J connectivity index is 1.90. The molecule has 0 radical (unpaired) electrons. The maximum absolute atomic E-state index is 11.9. The predicted molar refractivity (Wildman–Crippen MR) is 69.3 cm³/mol. The summed E-state index contributed by atoms with van der Waals surface area (Å²) in [5.74, 6) is -0.735. The van der Waals surface area contributed by atoms with E-state index in [4.69, 9.17) is 21.4 Å². The van der Waals surface area contributed by atoms with E-state index in [1.54, 1.807) is 24.3 Å². The SMILES string of the molecule is O=C(O)C1CCCN1C(=O)COc1ccc(Cl)cc1. The summed E-state index contributed by atoms with van der Waals surface area (Å²) in [6.07, 6.45) is 1.21. The van der Waals surface area contributed by atoms with Crippen LogP contribution >= 0.6 is 11.6 Å². The largest absolute Gasteiger partial charge is 0.484 e. The lowest BCUT2D eigenvalue weighted by Crippen LogP contribution is -2.42. The molecular weight excluding hydrogens is 270 g/mol. The van der Waals surface area contributed by atoms with Gasteiger partial charge >= 0.3 is 5.97 Å². The highest BCUT2D eigenvalue weighted by atomic mass is 35.5. The zero-order valence-electron chi connectivity index (χ0n) is 10.2. The van der Waals surface area contributed by atoms with Gasteiger partial charge in [-0.15, -0.1) is 0 Å². The van der Waals surface area contributed by atoms with E-state index >= 15 is 0 Å². The maximum Gasteiger partial charge on any atom is 0.326 e. The van der Waals surface area contributed by atoms with Gasteiger partial charge in [0.2, 0.25) is 0 Å². The second-order valence-electron chi connectivity index (χ2n) is 4.33. The molecule has 0 bridgehead atoms. The van der Waals surface area contributed by atoms with Crippen molar-refractivity contribution in [1.29, 1.82) is 0 Å². The van der Waals surface area contributed by atoms with Crippen LogP contribution < -0.4 is 4.74 Å². The molecule has 6 heteroatoms. The standard InChI is InChI=1S/C13H14ClNO4/c14-9-3-5-10(6-4-9)19-8-12(16)15-7-1-2-11(15)13(17)18/h3-6,11H,1-2,7-8H2,(H,17,18). The van der Waals surface area contributed by atoms with Gasteiger partial charge in [-0.3, -0.25) is 4.79 Å². The predicted octanol–water partition coefficient (Wildman–Crippen LogP) is 1.79. The van der Waals surface area contributed by atoms with E-state index in [-0.39, 0.29) is 12.5 Å². The first kappa shape index (κ1) is 13.7. The number of halogens is 1. The van der Waals surface area contributed by atoms with E-state index in [0.29, 0.717) is 30.2 Å². The van der Waals surface area contributed by atoms with Gasteiger partial charge in [0.05, 0.1) is 0 Å². The number of nitrogens with zero attached hydrogens (tertiary/aromatic N) is 1. The van der Waals surface area contributed by atoms with Crippen molar-refractivity contribution in [3.05, 3.63) is 29.3 Å². The molecule has 1 saturated heterocycles. The minimum absolute atomic E-state index is 0.161. The molecule has 2 rings (SSSR count). The van der Waals surface area contributed by atoms with Crippen molar-refractivity contribution >= 4 is 23.5 Å². The lowest BCUT2D eigenvalue weighted by Gasteiger charge is -2.21. The molecule has 1 aromatic carbocycles. The highest BCUT2D eigenvalue weighted by Crippen LogP contribution is 2.19. The van der Waals surface area contributed by atoms with Crippen molar-refractivity contribution in [2.24, 2.45) is 0 Å². The zero-order valence-corrected chi connectivity index (χ0v) is 11.0. The van der Waals surface area contributed by atoms with Crippen LogP contribution in [0.25, 0.3) is 0 Å². The van der Waals surface area contributed by atoms with Crippen LogP contribution in [0.4, 0.5) is 0 Å². The molecule has 1 N–H and O–H groups in total. The van der Waals surface area contributed by atoms with Crippen molar-refractivity contribution in [2.75, 3.05) is 13.2 Å². The van der Waals surface area contributed by atoms with E-state index in [9.17, 15) is 9.59 Å². The summed E-state index contributed by atoms with van der Waals surface area (Å²) in [4.78, 5) is 24.3. The smallest absolute Gasteiger partial charge is 0.326 e. The van der Waals surface area contributed by atoms with Gasteiger partial charge in [-0.25, -0.2) is 4.79 Å². The molecule has 1 aromatic rings. The Morgan fingerprint density at radius 3 is 2.68 bits per heavy atom. The first-order valence-corrected chi connectivity index (χ1v) is 6.36. The van der Waals surface area contributed by atoms with Gasteiger partial charge in [0, 0.05) is 11.6 Å². The number of aliphatic carboxylic acids is 1. The van der Waals surface area contributed by atoms with Crippen molar-refractivity contribution in [3.8, 4) is 5.75 Å². The van der Waals surface area contributed by atoms with E-state index < -0.39 is 12.0 Å². The third-order valence-electron chi connectivity index (χ3n) is 3.03. The number of hydrogen-bond donors (Lipinski definition) is 1. The molecule has 19 heavy (non-hydrogen) atoms. The van der Waals surface area contributed by atoms with Gasteiger partial charge in [-0.1, -0.05) is 11.6 Å². The fourth-order valence-electron chi connectivity index (χ4n) is 2.08. The average molecular weight is 284 g/mol. The second kappa shape index (κ2) is 5.93. The lowest BCUT2D eigenvalue weighted by atomic mass is 10.2. The third-order valence-corrected chi connectivity index (χ3v) is 3.29. The summed E-state index contributed by atoms with van der Waals surface area (Å²) in [7, 11) is 0. The number of carbonyl (C=O) groups is 2. The highest BCUT2D eigenvalue weighted by Gasteiger charge is 2.33. The van der Waals surface area contributed by atoms with E-state index in [0.717, 1.165) is 0 Å². The van der Waals surface area contributed by atoms with Gasteiger partial charge in [-0.2, -0.15) is 0 Å². The average Bonchev–Trinajstić information content (AvgIpc) is 2.87. The fourth-order valence-corrected chi connectivity index (χ4v) is 2.21. The molecular formula is C13H14ClNO4. The minimum Gasteiger partial charge on any atom is -0.484 e. The monoisotopic (exact) mass is 283 g/mol. The summed E-state index contributed by atoms with van der Waals surface area (Å²) < 4.78 is 5.32. The lowest BCUT2D eigenvalue weighted by molar-refractivity contribution is -0.148. The zero-order chi connectivity index (χ0) is 13.8. The Labute approximate surface area is 115 Å². The minimum atomic E-state index is -0.961. The summed E-state index contributed by atoms with van der Waals surface area (Å²) >= 11 is 5.74. The molecule has 1 amide bonds. The Bertz CT molecular complexity index is 474. The van der Waals surface area contributed by atoms with Crippen LogP contribution in [0, 0.1) is 0 Å². The van der Waals surface area contributed by atoms with Crippen molar-refractivity contribution < 1.29 is 19.4 Å². The normalized spacial score (nSPS) is 18.4. The molecule has 1 unspecified atom stereocenters. The van der Waals surface area contributed by atoms with Crippen molar-refractivity contribution in [3.63, 3.8) is 0 Å². The van der Waals surface area contributed by atoms with Crippen LogP contribution in [-0.4, -0.2) is 41.1 Å². The number of ether oxygens (including phenoxy) is 1. The number of carboxylic acid groups (broad SMARTS) is 1. The van der Waals surface area contributed by atoms with Crippen LogP contribution in [0.15, 0.2) is 24.3 Å². The van der Waals surface area contributed by atoms with Crippen LogP contribution in [0.3, 0.4) is 0 Å². The third kappa shape index (κ3) is 3.38. The first-order chi connectivity index (χ1) is 9.08. The summed E-state index contributed by atoms with van der Waals surface area (Å²) in [6, 6.07) is 5.93. The van der Waals surface area contributed by atoms with Gasteiger partial charge in [0.25, 0.3) is 5.91 Å². The van der Waals surface area contributed by atoms with E-state index in [2.05, 4.69) is 0 Å². The molecule has 1 heterocycles. The van der Waals surface area contributed by atoms with Crippen LogP contribution in [-0.2, 0) is 9.59 Å². The second-order valence-corrected chi connectivity index (χ2v) is 4.76. The van der Waals surface area contributed by atoms with Crippen LogP contribution in [0.5, 0.6) is 5.75 Å². The molecule has 1 aliphatic heterocycles. The fraction of sp³-hybridized carbons (Fsp3) is 0.385. The number of hydrogen-bond acceptors (Lipinski definition) is 3. The van der Waals surface area contributed by atoms with Crippen LogP contribution in [0.1, 0.15) is 12.8 Å². The van der Waals surface area contributed by atoms with E-state index in [1.807, 2.05) is 0 Å². The number of carboxylic acids is 1. The quantitative estimate of drug-likeness (QED) is 0.915. The number of benzene rings is 1. The molecule has 0 saturated carbocycles. The molecule has 1 atom stereocenters. The summed E-state index contributed by atoms with van der Waals surface area (Å²) in [5.41, 5.74) is 0. The maximum atomic E-state index is 11.9. The topological polar surface area (TPSA) is 66.8 Å². The Kier molecular flexibility index (Phi) is 4.27. The Morgan fingerprint density at radius 2 is 2.05 bits per heavy atom. The van der Waals surface area contributed by atoms with Crippen molar-refractivity contribution in [1.82, 2.24) is 4.90 Å². The Hall–Kier alpha value is -1.75. The Morgan fingerprint density at radius 1 is 1.37 bits per heavy atom. The van der Waals surface area contributed by atoms with Gasteiger partial charge < -0.3 is 14.7 Å². The molecule has 1 aliphatic rings. The molecule has 0 aliphatic carbocycles. The summed E-state index contributed by atoms with van der Waals surface area (Å²) in [5, 5.41) is 9.59. The van der Waals surface area contributed by atoms with Gasteiger partial charge in [-0.05, 0) is 37.1 Å².